The molecule has 6 heteroatoms. The largest absolute Gasteiger partial charge is 0.413 e. The van der Waals surface area contributed by atoms with Crippen LogP contribution in [0.1, 0.15) is 0 Å². The van der Waals surface area contributed by atoms with E-state index in [2.05, 4.69) is 4.74 Å². The molecule has 10 heavy (non-hydrogen) atoms. The van der Waals surface area contributed by atoms with Crippen molar-refractivity contribution in [2.24, 2.45) is 0 Å². The Morgan fingerprint density at radius 3 is 2.00 bits per heavy atom. The van der Waals surface area contributed by atoms with Crippen molar-refractivity contribution in [2.45, 2.75) is 5.92 Å². The number of cyclic esters (lactones) is 1. The van der Waals surface area contributed by atoms with E-state index in [0.717, 1.165) is 0 Å². The molecule has 0 aliphatic carbocycles. The van der Waals surface area contributed by atoms with Crippen molar-refractivity contribution in [1.82, 2.24) is 0 Å². The summed E-state index contributed by atoms with van der Waals surface area (Å²) in [5.74, 6) is -7.88. The molecule has 1 heterocycles. The average molecular weight is 156 g/mol. The van der Waals surface area contributed by atoms with E-state index >= 15 is 0 Å². The molecule has 0 aromatic rings. The lowest BCUT2D eigenvalue weighted by molar-refractivity contribution is -0.195. The second-order valence-corrected chi connectivity index (χ2v) is 1.55. The van der Waals surface area contributed by atoms with Gasteiger partial charge in [0.25, 0.3) is 5.76 Å². The average Bonchev–Trinajstić information content (AvgIpc) is 1.82. The molecular formula is C4F4O2. The Balaban J connectivity index is 2.93. The number of halogens is 4. The van der Waals surface area contributed by atoms with Crippen LogP contribution in [0.15, 0.2) is 11.8 Å². The SMILES string of the molecule is O=C1OC(=C(F)F)C1(F)F. The highest BCUT2D eigenvalue weighted by Gasteiger charge is 2.60. The predicted molar refractivity (Wildman–Crippen MR) is 20.3 cm³/mol. The number of hydrogen-bond donors (Lipinski definition) is 0. The highest BCUT2D eigenvalue weighted by atomic mass is 19.3. The fourth-order valence-corrected chi connectivity index (χ4v) is 0.424. The Morgan fingerprint density at radius 2 is 1.90 bits per heavy atom. The van der Waals surface area contributed by atoms with Crippen molar-refractivity contribution in [1.29, 1.82) is 0 Å². The van der Waals surface area contributed by atoms with Crippen molar-refractivity contribution in [2.75, 3.05) is 0 Å². The van der Waals surface area contributed by atoms with E-state index in [1.54, 1.807) is 0 Å². The molecule has 56 valence electrons. The second kappa shape index (κ2) is 1.71. The van der Waals surface area contributed by atoms with Crippen LogP contribution in [-0.4, -0.2) is 11.9 Å². The van der Waals surface area contributed by atoms with Gasteiger partial charge in [-0.15, -0.1) is 0 Å². The van der Waals surface area contributed by atoms with Gasteiger partial charge in [-0.2, -0.15) is 17.6 Å². The Hall–Kier alpha value is -1.07. The maximum atomic E-state index is 11.8. The summed E-state index contributed by atoms with van der Waals surface area (Å²) in [5.41, 5.74) is 0. The molecule has 1 aliphatic heterocycles. The summed E-state index contributed by atoms with van der Waals surface area (Å²) < 4.78 is 49.6. The van der Waals surface area contributed by atoms with Gasteiger partial charge < -0.3 is 4.74 Å². The van der Waals surface area contributed by atoms with E-state index in [9.17, 15) is 22.4 Å². The minimum atomic E-state index is -4.11. The lowest BCUT2D eigenvalue weighted by Gasteiger charge is -2.24. The highest BCUT2D eigenvalue weighted by molar-refractivity contribution is 5.88. The minimum absolute atomic E-state index is 1.84. The van der Waals surface area contributed by atoms with E-state index in [-0.39, 0.29) is 0 Å². The number of alkyl halides is 2. The van der Waals surface area contributed by atoms with Crippen molar-refractivity contribution in [3.63, 3.8) is 0 Å². The summed E-state index contributed by atoms with van der Waals surface area (Å²) in [4.78, 5) is 9.73. The lowest BCUT2D eigenvalue weighted by atomic mass is 10.2. The normalized spacial score (nSPS) is 21.6. The third-order valence-electron chi connectivity index (χ3n) is 0.908. The van der Waals surface area contributed by atoms with E-state index in [1.807, 2.05) is 0 Å². The van der Waals surface area contributed by atoms with Gasteiger partial charge in [-0.05, 0) is 0 Å². The molecule has 0 saturated carbocycles. The van der Waals surface area contributed by atoms with Crippen molar-refractivity contribution < 1.29 is 27.1 Å². The standard InChI is InChI=1S/C4F4O2/c5-2(6)1-4(7,8)3(9)10-1. The van der Waals surface area contributed by atoms with Gasteiger partial charge in [0.05, 0.1) is 0 Å². The zero-order valence-electron chi connectivity index (χ0n) is 4.33. The molecular weight excluding hydrogens is 156 g/mol. The molecule has 0 unspecified atom stereocenters. The minimum Gasteiger partial charge on any atom is -0.413 e. The van der Waals surface area contributed by atoms with E-state index < -0.39 is 23.7 Å². The van der Waals surface area contributed by atoms with E-state index in [1.165, 1.54) is 0 Å². The monoisotopic (exact) mass is 156 g/mol. The third kappa shape index (κ3) is 0.680. The summed E-state index contributed by atoms with van der Waals surface area (Å²) >= 11 is 0. The molecule has 0 amide bonds. The van der Waals surface area contributed by atoms with Crippen LogP contribution in [0.2, 0.25) is 0 Å². The van der Waals surface area contributed by atoms with Crippen molar-refractivity contribution >= 4 is 5.97 Å². The van der Waals surface area contributed by atoms with Crippen LogP contribution in [0.25, 0.3) is 0 Å². The first kappa shape index (κ1) is 7.04. The Morgan fingerprint density at radius 1 is 1.40 bits per heavy atom. The molecule has 0 spiro atoms. The molecule has 0 bridgehead atoms. The van der Waals surface area contributed by atoms with Crippen LogP contribution in [-0.2, 0) is 9.53 Å². The fourth-order valence-electron chi connectivity index (χ4n) is 0.424. The zero-order chi connectivity index (χ0) is 7.94. The number of esters is 1. The first-order valence-electron chi connectivity index (χ1n) is 2.12. The molecule has 2 nitrogen and oxygen atoms in total. The van der Waals surface area contributed by atoms with Gasteiger partial charge in [0.1, 0.15) is 0 Å². The quantitative estimate of drug-likeness (QED) is 0.390. The first-order valence-corrected chi connectivity index (χ1v) is 2.12. The summed E-state index contributed by atoms with van der Waals surface area (Å²) in [6, 6.07) is 0. The molecule has 1 saturated heterocycles. The zero-order valence-corrected chi connectivity index (χ0v) is 4.33. The topological polar surface area (TPSA) is 26.3 Å². The smallest absolute Gasteiger partial charge is 0.405 e. The van der Waals surface area contributed by atoms with E-state index in [4.69, 9.17) is 0 Å². The van der Waals surface area contributed by atoms with Crippen LogP contribution >= 0.6 is 0 Å². The molecule has 1 aliphatic rings. The van der Waals surface area contributed by atoms with Gasteiger partial charge in [-0.3, -0.25) is 0 Å². The highest BCUT2D eigenvalue weighted by Crippen LogP contribution is 2.39. The second-order valence-electron chi connectivity index (χ2n) is 1.55. The Kier molecular flexibility index (Phi) is 1.20. The summed E-state index contributed by atoms with van der Waals surface area (Å²) in [7, 11) is 0. The Labute approximate surface area is 52.1 Å². The van der Waals surface area contributed by atoms with Crippen molar-refractivity contribution in [3.05, 3.63) is 11.8 Å². The van der Waals surface area contributed by atoms with E-state index in [0.29, 0.717) is 0 Å². The molecule has 0 aromatic carbocycles. The third-order valence-corrected chi connectivity index (χ3v) is 0.908. The lowest BCUT2D eigenvalue weighted by Crippen LogP contribution is -2.45. The van der Waals surface area contributed by atoms with Gasteiger partial charge >= 0.3 is 18.0 Å². The molecule has 1 rings (SSSR count). The van der Waals surface area contributed by atoms with Crippen LogP contribution in [0.4, 0.5) is 17.6 Å². The number of carbonyl (C=O) groups is 1. The molecule has 0 atom stereocenters. The van der Waals surface area contributed by atoms with Crippen LogP contribution in [0.5, 0.6) is 0 Å². The van der Waals surface area contributed by atoms with Crippen LogP contribution < -0.4 is 0 Å². The fraction of sp³-hybridized carbons (Fsp3) is 0.250. The molecule has 1 fully saturated rings. The van der Waals surface area contributed by atoms with Crippen molar-refractivity contribution in [3.8, 4) is 0 Å². The van der Waals surface area contributed by atoms with Crippen LogP contribution in [0.3, 0.4) is 0 Å². The maximum absolute atomic E-state index is 11.8. The number of ether oxygens (including phenoxy) is 1. The first-order chi connectivity index (χ1) is 4.46. The maximum Gasteiger partial charge on any atom is 0.405 e. The Bertz CT molecular complexity index is 215. The number of rotatable bonds is 0. The molecule has 0 radical (unpaired) electrons. The predicted octanol–water partition coefficient (Wildman–Crippen LogP) is 1.29. The summed E-state index contributed by atoms with van der Waals surface area (Å²) in [6.45, 7) is 0. The number of hydrogen-bond acceptors (Lipinski definition) is 2. The summed E-state index contributed by atoms with van der Waals surface area (Å²) in [6.07, 6.45) is -2.66. The summed E-state index contributed by atoms with van der Waals surface area (Å²) in [5, 5.41) is 0. The van der Waals surface area contributed by atoms with Gasteiger partial charge in [0.2, 0.25) is 0 Å². The molecule has 0 N–H and O–H groups in total. The number of carbonyl (C=O) groups excluding carboxylic acids is 1. The van der Waals surface area contributed by atoms with Crippen LogP contribution in [0, 0.1) is 0 Å². The molecule has 0 aromatic heterocycles. The van der Waals surface area contributed by atoms with Gasteiger partial charge in [-0.25, -0.2) is 4.79 Å². The van der Waals surface area contributed by atoms with Gasteiger partial charge in [0.15, 0.2) is 0 Å². The van der Waals surface area contributed by atoms with Gasteiger partial charge in [-0.1, -0.05) is 0 Å². The van der Waals surface area contributed by atoms with Gasteiger partial charge in [0, 0.05) is 0 Å².